The van der Waals surface area contributed by atoms with Crippen LogP contribution in [-0.4, -0.2) is 5.09 Å². The first-order valence-electron chi connectivity index (χ1n) is 0.714. The molecule has 0 aromatic rings. The molecule has 0 amide bonds. The fraction of sp³-hybridized carbons (Fsp3) is 0. The molecule has 0 fully saturated rings. The van der Waals surface area contributed by atoms with Crippen LogP contribution in [0.25, 0.3) is 0 Å². The minimum Gasteiger partial charge on any atom is -0.694 e. The molecule has 0 aromatic heterocycles. The Balaban J connectivity index is 0. The van der Waals surface area contributed by atoms with Gasteiger partial charge in [0.15, 0.2) is 0 Å². The quantitative estimate of drug-likeness (QED) is 0.150. The first-order chi connectivity index (χ1) is 2.27. The van der Waals surface area contributed by atoms with E-state index < -0.39 is 5.09 Å². The summed E-state index contributed by atoms with van der Waals surface area (Å²) in [5.41, 5.74) is 0. The Hall–Kier alpha value is 0.796. The minimum absolute atomic E-state index is 0. The molecule has 6 heteroatoms. The number of nitrogens with zero attached hydrogens (tertiary/aromatic N) is 1. The van der Waals surface area contributed by atoms with Gasteiger partial charge in [-0.15, -0.1) is 10.1 Å². The molecule has 0 aliphatic heterocycles. The minimum atomic E-state index is -1.43. The molecule has 0 heterocycles. The molecule has 0 aliphatic carbocycles. The monoisotopic (exact) mass is 117 g/mol. The average Bonchev–Trinajstić information content (AvgIpc) is 1.38. The standard InChI is InChI=1S/K.HNO4/c;2-1(3)5-4/h;4H/q+1;/p-1. The molecule has 0 unspecified atom stereocenters. The molecule has 0 saturated heterocycles. The Kier molecular flexibility index (Phi) is 9.59. The summed E-state index contributed by atoms with van der Waals surface area (Å²) in [6.07, 6.45) is 0. The van der Waals surface area contributed by atoms with Gasteiger partial charge in [-0.2, -0.15) is 0 Å². The molecule has 0 aromatic carbocycles. The van der Waals surface area contributed by atoms with Gasteiger partial charge >= 0.3 is 51.4 Å². The van der Waals surface area contributed by atoms with Crippen LogP contribution in [0.2, 0.25) is 0 Å². The van der Waals surface area contributed by atoms with Crippen LogP contribution in [-0.2, 0) is 4.99 Å². The second-order valence-corrected chi connectivity index (χ2v) is 0.298. The van der Waals surface area contributed by atoms with E-state index in [1.165, 1.54) is 0 Å². The van der Waals surface area contributed by atoms with Gasteiger partial charge in [0.1, 0.15) is 0 Å². The predicted octanol–water partition coefficient (Wildman–Crippen LogP) is -4.53. The summed E-state index contributed by atoms with van der Waals surface area (Å²) in [4.78, 5) is 10.9. The number of hydrogen-bond acceptors (Lipinski definition) is 4. The van der Waals surface area contributed by atoms with Gasteiger partial charge in [-0.05, 0) is 0 Å². The van der Waals surface area contributed by atoms with Crippen LogP contribution in [0.15, 0.2) is 0 Å². The van der Waals surface area contributed by atoms with Crippen LogP contribution in [0, 0.1) is 10.1 Å². The fourth-order valence-electron chi connectivity index (χ4n) is 0. The van der Waals surface area contributed by atoms with Crippen LogP contribution in [0.4, 0.5) is 0 Å². The van der Waals surface area contributed by atoms with E-state index in [4.69, 9.17) is 15.4 Å². The zero-order chi connectivity index (χ0) is 4.28. The van der Waals surface area contributed by atoms with E-state index >= 15 is 0 Å². The molecule has 0 rings (SSSR count). The molecule has 5 nitrogen and oxygen atoms in total. The Morgan fingerprint density at radius 3 is 1.83 bits per heavy atom. The molecule has 0 N–H and O–H groups in total. The third kappa shape index (κ3) is 8.84. The molecule has 0 saturated carbocycles. The van der Waals surface area contributed by atoms with Crippen molar-refractivity contribution in [1.82, 2.24) is 0 Å². The molecule has 0 aliphatic rings. The zero-order valence-corrected chi connectivity index (χ0v) is 6.20. The normalized spacial score (nSPS) is 5.50. The second kappa shape index (κ2) is 5.80. The van der Waals surface area contributed by atoms with E-state index in [0.717, 1.165) is 0 Å². The summed E-state index contributed by atoms with van der Waals surface area (Å²) in [7, 11) is 0. The SMILES string of the molecule is O=[N+]([O-])O[O-].[K+]. The Morgan fingerprint density at radius 2 is 1.83 bits per heavy atom. The van der Waals surface area contributed by atoms with Gasteiger partial charge in [0.2, 0.25) is 0 Å². The fourth-order valence-corrected chi connectivity index (χ4v) is 0. The van der Waals surface area contributed by atoms with E-state index in [1.54, 1.807) is 0 Å². The Morgan fingerprint density at radius 1 is 1.67 bits per heavy atom. The largest absolute Gasteiger partial charge is 1.00 e. The van der Waals surface area contributed by atoms with Crippen molar-refractivity contribution in [1.29, 1.82) is 0 Å². The molecule has 0 spiro atoms. The molecular formula is KNO4. The molecule has 0 atom stereocenters. The maximum Gasteiger partial charge on any atom is 1.00 e. The van der Waals surface area contributed by atoms with Crippen molar-refractivity contribution in [3.05, 3.63) is 10.1 Å². The van der Waals surface area contributed by atoms with Gasteiger partial charge in [-0.1, -0.05) is 0 Å². The van der Waals surface area contributed by atoms with E-state index in [0.29, 0.717) is 0 Å². The molecule has 0 radical (unpaired) electrons. The van der Waals surface area contributed by atoms with E-state index in [-0.39, 0.29) is 51.4 Å². The van der Waals surface area contributed by atoms with Gasteiger partial charge in [0, 0.05) is 0 Å². The topological polar surface area (TPSA) is 75.4 Å². The van der Waals surface area contributed by atoms with Crippen molar-refractivity contribution in [2.45, 2.75) is 0 Å². The summed E-state index contributed by atoms with van der Waals surface area (Å²) >= 11 is 0. The van der Waals surface area contributed by atoms with Crippen molar-refractivity contribution >= 4 is 0 Å². The first kappa shape index (κ1) is 9.93. The molecule has 30 valence electrons. The zero-order valence-electron chi connectivity index (χ0n) is 3.08. The molecule has 6 heavy (non-hydrogen) atoms. The van der Waals surface area contributed by atoms with E-state index in [1.807, 2.05) is 0 Å². The number of rotatable bonds is 1. The maximum absolute atomic E-state index is 8.64. The van der Waals surface area contributed by atoms with Crippen molar-refractivity contribution < 1.29 is 66.7 Å². The smallest absolute Gasteiger partial charge is 0.694 e. The van der Waals surface area contributed by atoms with Crippen LogP contribution in [0.3, 0.4) is 0 Å². The Bertz CT molecular complexity index is 42.8. The summed E-state index contributed by atoms with van der Waals surface area (Å²) < 4.78 is 0. The number of hydrogen-bond donors (Lipinski definition) is 0. The predicted molar refractivity (Wildman–Crippen MR) is 8.08 cm³/mol. The van der Waals surface area contributed by atoms with Crippen LogP contribution < -0.4 is 56.6 Å². The summed E-state index contributed by atoms with van der Waals surface area (Å²) in [6, 6.07) is 0. The van der Waals surface area contributed by atoms with E-state index in [9.17, 15) is 0 Å². The van der Waals surface area contributed by atoms with Crippen LogP contribution in [0.5, 0.6) is 0 Å². The van der Waals surface area contributed by atoms with Gasteiger partial charge in [-0.25, -0.2) is 0 Å². The third-order valence-electron chi connectivity index (χ3n) is 0.0609. The van der Waals surface area contributed by atoms with Crippen LogP contribution >= 0.6 is 0 Å². The molecular weight excluding hydrogens is 117 g/mol. The summed E-state index contributed by atoms with van der Waals surface area (Å²) in [5.74, 6) is 0. The van der Waals surface area contributed by atoms with Crippen molar-refractivity contribution in [3.8, 4) is 0 Å². The van der Waals surface area contributed by atoms with Crippen molar-refractivity contribution in [3.63, 3.8) is 0 Å². The second-order valence-electron chi connectivity index (χ2n) is 0.298. The van der Waals surface area contributed by atoms with Gasteiger partial charge in [0.25, 0.3) is 5.09 Å². The van der Waals surface area contributed by atoms with Gasteiger partial charge in [0.05, 0.1) is 0 Å². The van der Waals surface area contributed by atoms with Crippen LogP contribution in [0.1, 0.15) is 0 Å². The van der Waals surface area contributed by atoms with Gasteiger partial charge in [-0.3, -0.25) is 0 Å². The molecule has 0 bridgehead atoms. The van der Waals surface area contributed by atoms with E-state index in [2.05, 4.69) is 4.99 Å². The summed E-state index contributed by atoms with van der Waals surface area (Å²) in [6.45, 7) is 0. The summed E-state index contributed by atoms with van der Waals surface area (Å²) in [5, 5.41) is 15.6. The van der Waals surface area contributed by atoms with Gasteiger partial charge < -0.3 is 10.2 Å². The third-order valence-corrected chi connectivity index (χ3v) is 0.0609. The average molecular weight is 117 g/mol. The van der Waals surface area contributed by atoms with Crippen molar-refractivity contribution in [2.75, 3.05) is 0 Å². The Labute approximate surface area is 75.7 Å². The first-order valence-corrected chi connectivity index (χ1v) is 0.714. The van der Waals surface area contributed by atoms with Crippen molar-refractivity contribution in [2.24, 2.45) is 0 Å². The maximum atomic E-state index is 8.64.